The highest BCUT2D eigenvalue weighted by atomic mass is 32.1. The molecule has 176 valence electrons. The summed E-state index contributed by atoms with van der Waals surface area (Å²) in [6, 6.07) is 19.2. The number of hydrogen-bond acceptors (Lipinski definition) is 6. The third-order valence-corrected chi connectivity index (χ3v) is 5.44. The number of ether oxygens (including phenoxy) is 2. The summed E-state index contributed by atoms with van der Waals surface area (Å²) in [5.74, 6) is 0.701. The van der Waals surface area contributed by atoms with Crippen LogP contribution in [0.25, 0.3) is 22.2 Å². The van der Waals surface area contributed by atoms with E-state index in [0.29, 0.717) is 30.2 Å². The quantitative estimate of drug-likeness (QED) is 0.300. The number of aromatic nitrogens is 2. The van der Waals surface area contributed by atoms with E-state index in [0.717, 1.165) is 34.3 Å². The number of thiol groups is 1. The van der Waals surface area contributed by atoms with E-state index in [1.807, 2.05) is 62.5 Å². The summed E-state index contributed by atoms with van der Waals surface area (Å²) in [4.78, 5) is 8.25. The van der Waals surface area contributed by atoms with E-state index < -0.39 is 0 Å². The van der Waals surface area contributed by atoms with Crippen molar-refractivity contribution in [1.29, 1.82) is 5.26 Å². The largest absolute Gasteiger partial charge is 0.506 e. The summed E-state index contributed by atoms with van der Waals surface area (Å²) >= 11 is 4.08. The van der Waals surface area contributed by atoms with E-state index in [4.69, 9.17) is 9.47 Å². The summed E-state index contributed by atoms with van der Waals surface area (Å²) in [6.07, 6.45) is 4.97. The maximum atomic E-state index is 9.69. The summed E-state index contributed by atoms with van der Waals surface area (Å²) in [6.45, 7) is 5.38. The Kier molecular flexibility index (Phi) is 9.39. The molecule has 5 rings (SSSR count). The molecule has 0 aliphatic carbocycles. The number of H-pyrrole nitrogens is 1. The molecular weight excluding hydrogens is 446 g/mol. The lowest BCUT2D eigenvalue weighted by Gasteiger charge is -2.23. The van der Waals surface area contributed by atoms with Crippen LogP contribution in [0.3, 0.4) is 0 Å². The van der Waals surface area contributed by atoms with E-state index >= 15 is 0 Å². The number of fused-ring (bicyclic) bond motifs is 1. The van der Waals surface area contributed by atoms with E-state index in [-0.39, 0.29) is 11.9 Å². The van der Waals surface area contributed by atoms with Crippen LogP contribution >= 0.6 is 12.6 Å². The number of nitriles is 1. The van der Waals surface area contributed by atoms with Crippen LogP contribution in [0, 0.1) is 11.3 Å². The van der Waals surface area contributed by atoms with Gasteiger partial charge in [-0.15, -0.1) is 12.6 Å². The fraction of sp³-hybridized carbons (Fsp3) is 0.259. The van der Waals surface area contributed by atoms with Gasteiger partial charge in [-0.2, -0.15) is 5.26 Å². The second-order valence-electron chi connectivity index (χ2n) is 7.38. The number of rotatable bonds is 3. The first-order valence-electron chi connectivity index (χ1n) is 11.3. The first kappa shape index (κ1) is 25.2. The Morgan fingerprint density at radius 1 is 1.12 bits per heavy atom. The first-order valence-corrected chi connectivity index (χ1v) is 11.8. The van der Waals surface area contributed by atoms with Gasteiger partial charge in [-0.05, 0) is 35.9 Å². The molecule has 0 saturated carbocycles. The Balaban J connectivity index is 0.000000306. The van der Waals surface area contributed by atoms with Crippen LogP contribution < -0.4 is 4.74 Å². The van der Waals surface area contributed by atoms with Gasteiger partial charge >= 0.3 is 0 Å². The van der Waals surface area contributed by atoms with E-state index in [1.165, 1.54) is 6.20 Å². The molecule has 7 heteroatoms. The van der Waals surface area contributed by atoms with Crippen molar-refractivity contribution in [3.63, 3.8) is 0 Å². The summed E-state index contributed by atoms with van der Waals surface area (Å²) in [7, 11) is 0. The molecule has 0 bridgehead atoms. The fourth-order valence-electron chi connectivity index (χ4n) is 3.52. The molecule has 1 saturated heterocycles. The smallest absolute Gasteiger partial charge is 0.138 e. The third-order valence-electron chi connectivity index (χ3n) is 5.15. The zero-order valence-electron chi connectivity index (χ0n) is 19.4. The highest BCUT2D eigenvalue weighted by Crippen LogP contribution is 2.33. The average Bonchev–Trinajstić information content (AvgIpc) is 3.30. The van der Waals surface area contributed by atoms with E-state index in [9.17, 15) is 10.4 Å². The SMILES string of the molecule is CC.N#Cc1cc(-c2c[nH]c3ncc(O)cc23)ccc1OC1CCOCC1.Sc1ccccc1. The molecule has 6 nitrogen and oxygen atoms in total. The van der Waals surface area contributed by atoms with Crippen molar-refractivity contribution in [3.8, 4) is 28.7 Å². The summed E-state index contributed by atoms with van der Waals surface area (Å²) in [5.41, 5.74) is 2.93. The van der Waals surface area contributed by atoms with Crippen LogP contribution in [-0.2, 0) is 4.74 Å². The molecule has 0 unspecified atom stereocenters. The molecule has 1 aliphatic rings. The van der Waals surface area contributed by atoms with Gasteiger partial charge < -0.3 is 19.6 Å². The topological polar surface area (TPSA) is 91.2 Å². The van der Waals surface area contributed by atoms with Crippen molar-refractivity contribution in [1.82, 2.24) is 9.97 Å². The highest BCUT2D eigenvalue weighted by molar-refractivity contribution is 7.80. The number of nitrogens with zero attached hydrogens (tertiary/aromatic N) is 2. The van der Waals surface area contributed by atoms with Crippen molar-refractivity contribution in [2.45, 2.75) is 37.7 Å². The van der Waals surface area contributed by atoms with Gasteiger partial charge in [0, 0.05) is 34.9 Å². The van der Waals surface area contributed by atoms with E-state index in [2.05, 4.69) is 28.7 Å². The number of aromatic amines is 1. The number of hydrogen-bond donors (Lipinski definition) is 3. The Morgan fingerprint density at radius 3 is 2.50 bits per heavy atom. The molecular formula is C27H29N3O3S. The standard InChI is InChI=1S/C19H17N3O3.C6H6S.C2H6/c20-9-13-7-12(1-2-18(13)25-15-3-5-24-6-4-15)17-11-22-19-16(17)8-14(23)10-21-19;7-6-4-2-1-3-5-6;1-2/h1-2,7-8,10-11,15,23H,3-6H2,(H,21,22);1-5,7H;1-2H3. The second-order valence-corrected chi connectivity index (χ2v) is 7.90. The molecule has 4 aromatic rings. The molecule has 1 fully saturated rings. The predicted octanol–water partition coefficient (Wildman–Crippen LogP) is 6.37. The lowest BCUT2D eigenvalue weighted by molar-refractivity contribution is 0.0254. The number of aromatic hydroxyl groups is 1. The minimum absolute atomic E-state index is 0.0842. The summed E-state index contributed by atoms with van der Waals surface area (Å²) in [5, 5.41) is 20.0. The third kappa shape index (κ3) is 6.53. The monoisotopic (exact) mass is 475 g/mol. The molecule has 0 radical (unpaired) electrons. The van der Waals surface area contributed by atoms with Gasteiger partial charge in [0.25, 0.3) is 0 Å². The normalized spacial score (nSPS) is 13.1. The maximum absolute atomic E-state index is 9.69. The van der Waals surface area contributed by atoms with Crippen molar-refractivity contribution < 1.29 is 14.6 Å². The minimum Gasteiger partial charge on any atom is -0.506 e. The highest BCUT2D eigenvalue weighted by Gasteiger charge is 2.18. The van der Waals surface area contributed by atoms with Crippen molar-refractivity contribution in [2.24, 2.45) is 0 Å². The lowest BCUT2D eigenvalue weighted by Crippen LogP contribution is -2.26. The number of pyridine rings is 1. The van der Waals surface area contributed by atoms with Crippen LogP contribution in [0.2, 0.25) is 0 Å². The van der Waals surface area contributed by atoms with Gasteiger partial charge in [0.15, 0.2) is 0 Å². The number of benzene rings is 2. The Bertz CT molecular complexity index is 1230. The predicted molar refractivity (Wildman–Crippen MR) is 137 cm³/mol. The van der Waals surface area contributed by atoms with Gasteiger partial charge in [-0.1, -0.05) is 38.1 Å². The average molecular weight is 476 g/mol. The second kappa shape index (κ2) is 12.7. The van der Waals surface area contributed by atoms with Crippen LogP contribution in [-0.4, -0.2) is 34.4 Å². The summed E-state index contributed by atoms with van der Waals surface area (Å²) < 4.78 is 11.3. The van der Waals surface area contributed by atoms with Gasteiger partial charge in [0.2, 0.25) is 0 Å². The maximum Gasteiger partial charge on any atom is 0.138 e. The lowest BCUT2D eigenvalue weighted by atomic mass is 10.0. The van der Waals surface area contributed by atoms with Gasteiger partial charge in [0.1, 0.15) is 29.3 Å². The molecule has 2 aromatic carbocycles. The Morgan fingerprint density at radius 2 is 1.85 bits per heavy atom. The van der Waals surface area contributed by atoms with Crippen LogP contribution in [0.5, 0.6) is 11.5 Å². The molecule has 2 aromatic heterocycles. The molecule has 0 amide bonds. The zero-order valence-corrected chi connectivity index (χ0v) is 20.3. The number of nitrogens with one attached hydrogen (secondary N) is 1. The van der Waals surface area contributed by atoms with Gasteiger partial charge in [-0.3, -0.25) is 0 Å². The van der Waals surface area contributed by atoms with Crippen LogP contribution in [0.15, 0.2) is 71.9 Å². The molecule has 34 heavy (non-hydrogen) atoms. The zero-order chi connectivity index (χ0) is 24.3. The molecule has 3 heterocycles. The first-order chi connectivity index (χ1) is 16.6. The molecule has 1 aliphatic heterocycles. The fourth-order valence-corrected chi connectivity index (χ4v) is 3.69. The van der Waals surface area contributed by atoms with Gasteiger partial charge in [-0.25, -0.2) is 4.98 Å². The van der Waals surface area contributed by atoms with Crippen LogP contribution in [0.4, 0.5) is 0 Å². The Hall–Kier alpha value is -3.47. The molecule has 2 N–H and O–H groups in total. The van der Waals surface area contributed by atoms with Crippen molar-refractivity contribution in [2.75, 3.05) is 13.2 Å². The molecule has 0 atom stereocenters. The minimum atomic E-state index is 0.0842. The van der Waals surface area contributed by atoms with Crippen molar-refractivity contribution in [3.05, 3.63) is 72.6 Å². The van der Waals surface area contributed by atoms with E-state index in [1.54, 1.807) is 12.1 Å². The van der Waals surface area contributed by atoms with Crippen LogP contribution in [0.1, 0.15) is 32.3 Å². The van der Waals surface area contributed by atoms with Gasteiger partial charge in [0.05, 0.1) is 25.0 Å². The Labute approximate surface area is 205 Å². The molecule has 0 spiro atoms. The van der Waals surface area contributed by atoms with Crippen molar-refractivity contribution >= 4 is 23.7 Å².